The van der Waals surface area contributed by atoms with Crippen molar-refractivity contribution in [3.63, 3.8) is 0 Å². The summed E-state index contributed by atoms with van der Waals surface area (Å²) in [5, 5.41) is 8.49. The lowest BCUT2D eigenvalue weighted by atomic mass is 10.2. The number of nitrogens with two attached hydrogens (primary N) is 1. The first kappa shape index (κ1) is 15.9. The smallest absolute Gasteiger partial charge is 0.303 e. The zero-order valence-corrected chi connectivity index (χ0v) is 10.7. The van der Waals surface area contributed by atoms with Gasteiger partial charge in [0.15, 0.2) is 0 Å². The molecule has 0 bridgehead atoms. The molecule has 0 saturated heterocycles. The molecule has 0 atom stereocenters. The van der Waals surface area contributed by atoms with Gasteiger partial charge in [-0.15, -0.1) is 0 Å². The third-order valence-electron chi connectivity index (χ3n) is 2.57. The van der Waals surface area contributed by atoms with Crippen LogP contribution in [0.15, 0.2) is 0 Å². The van der Waals surface area contributed by atoms with Crippen molar-refractivity contribution in [1.29, 1.82) is 0 Å². The Balaban J connectivity index is 3.67. The largest absolute Gasteiger partial charge is 0.481 e. The summed E-state index contributed by atoms with van der Waals surface area (Å²) in [5.74, 6) is -1.04. The number of carbonyl (C=O) groups excluding carboxylic acids is 1. The van der Waals surface area contributed by atoms with Crippen LogP contribution in [0.4, 0.5) is 0 Å². The topological polar surface area (TPSA) is 83.6 Å². The van der Waals surface area contributed by atoms with Crippen molar-refractivity contribution in [3.8, 4) is 0 Å². The fourth-order valence-electron chi connectivity index (χ4n) is 1.66. The maximum absolute atomic E-state index is 10.9. The summed E-state index contributed by atoms with van der Waals surface area (Å²) < 4.78 is 0. The van der Waals surface area contributed by atoms with E-state index in [9.17, 15) is 9.59 Å². The minimum Gasteiger partial charge on any atom is -0.481 e. The SMILES string of the molecule is CCCCN(CCCCCC(=O)O)CC(N)=O. The van der Waals surface area contributed by atoms with Crippen LogP contribution in [-0.4, -0.2) is 41.5 Å². The number of amides is 1. The van der Waals surface area contributed by atoms with E-state index >= 15 is 0 Å². The standard InChI is InChI=1S/C12H24N2O3/c1-2-3-8-14(10-11(13)15)9-6-4-5-7-12(16)17/h2-10H2,1H3,(H2,13,15)(H,16,17). The van der Waals surface area contributed by atoms with Gasteiger partial charge in [0.05, 0.1) is 6.54 Å². The summed E-state index contributed by atoms with van der Waals surface area (Å²) >= 11 is 0. The van der Waals surface area contributed by atoms with Crippen LogP contribution in [0.25, 0.3) is 0 Å². The first-order valence-electron chi connectivity index (χ1n) is 6.28. The number of rotatable bonds is 11. The van der Waals surface area contributed by atoms with Crippen LogP contribution in [0.2, 0.25) is 0 Å². The monoisotopic (exact) mass is 244 g/mol. The Morgan fingerprint density at radius 1 is 1.12 bits per heavy atom. The van der Waals surface area contributed by atoms with Crippen LogP contribution in [0.1, 0.15) is 45.4 Å². The lowest BCUT2D eigenvalue weighted by Crippen LogP contribution is -2.35. The maximum atomic E-state index is 10.9. The highest BCUT2D eigenvalue weighted by Gasteiger charge is 2.07. The summed E-state index contributed by atoms with van der Waals surface area (Å²) in [7, 11) is 0. The van der Waals surface area contributed by atoms with Gasteiger partial charge < -0.3 is 10.8 Å². The van der Waals surface area contributed by atoms with E-state index in [0.29, 0.717) is 13.0 Å². The summed E-state index contributed by atoms with van der Waals surface area (Å²) in [5.41, 5.74) is 5.18. The van der Waals surface area contributed by atoms with Gasteiger partial charge in [-0.05, 0) is 32.4 Å². The van der Waals surface area contributed by atoms with Crippen molar-refractivity contribution in [2.45, 2.75) is 45.4 Å². The van der Waals surface area contributed by atoms with Crippen LogP contribution >= 0.6 is 0 Å². The van der Waals surface area contributed by atoms with Gasteiger partial charge in [-0.3, -0.25) is 14.5 Å². The van der Waals surface area contributed by atoms with E-state index in [0.717, 1.165) is 38.8 Å². The Hall–Kier alpha value is -1.10. The van der Waals surface area contributed by atoms with E-state index in [-0.39, 0.29) is 12.3 Å². The zero-order chi connectivity index (χ0) is 13.1. The molecule has 17 heavy (non-hydrogen) atoms. The van der Waals surface area contributed by atoms with Crippen molar-refractivity contribution in [1.82, 2.24) is 4.90 Å². The minimum absolute atomic E-state index is 0.227. The predicted molar refractivity (Wildman–Crippen MR) is 66.6 cm³/mol. The first-order chi connectivity index (χ1) is 8.06. The average Bonchev–Trinajstić information content (AvgIpc) is 2.23. The van der Waals surface area contributed by atoms with Crippen molar-refractivity contribution in [3.05, 3.63) is 0 Å². The van der Waals surface area contributed by atoms with E-state index in [4.69, 9.17) is 10.8 Å². The van der Waals surface area contributed by atoms with E-state index in [1.54, 1.807) is 0 Å². The highest BCUT2D eigenvalue weighted by Crippen LogP contribution is 2.03. The molecule has 0 aromatic rings. The molecular formula is C12H24N2O3. The maximum Gasteiger partial charge on any atom is 0.303 e. The summed E-state index contributed by atoms with van der Waals surface area (Å²) in [6.07, 6.45) is 4.88. The number of unbranched alkanes of at least 4 members (excludes halogenated alkanes) is 3. The third-order valence-corrected chi connectivity index (χ3v) is 2.57. The van der Waals surface area contributed by atoms with E-state index in [1.807, 2.05) is 4.90 Å². The van der Waals surface area contributed by atoms with Gasteiger partial charge in [0.1, 0.15) is 0 Å². The normalized spacial score (nSPS) is 10.7. The molecule has 5 heteroatoms. The van der Waals surface area contributed by atoms with Crippen LogP contribution in [0.5, 0.6) is 0 Å². The first-order valence-corrected chi connectivity index (χ1v) is 6.28. The molecule has 0 aromatic carbocycles. The molecule has 0 rings (SSSR count). The van der Waals surface area contributed by atoms with Gasteiger partial charge in [0.2, 0.25) is 5.91 Å². The highest BCUT2D eigenvalue weighted by atomic mass is 16.4. The van der Waals surface area contributed by atoms with E-state index in [2.05, 4.69) is 6.92 Å². The zero-order valence-electron chi connectivity index (χ0n) is 10.7. The number of hydrogen-bond acceptors (Lipinski definition) is 3. The number of carboxylic acids is 1. The number of carboxylic acid groups (broad SMARTS) is 1. The Kier molecular flexibility index (Phi) is 9.43. The molecule has 1 amide bonds. The van der Waals surface area contributed by atoms with Crippen molar-refractivity contribution in [2.24, 2.45) is 5.73 Å². The second-order valence-corrected chi connectivity index (χ2v) is 4.30. The van der Waals surface area contributed by atoms with Crippen molar-refractivity contribution < 1.29 is 14.7 Å². The van der Waals surface area contributed by atoms with Crippen LogP contribution in [0, 0.1) is 0 Å². The molecule has 100 valence electrons. The van der Waals surface area contributed by atoms with Crippen molar-refractivity contribution >= 4 is 11.9 Å². The molecule has 0 saturated carbocycles. The van der Waals surface area contributed by atoms with Gasteiger partial charge in [-0.2, -0.15) is 0 Å². The predicted octanol–water partition coefficient (Wildman–Crippen LogP) is 1.22. The quantitative estimate of drug-likeness (QED) is 0.535. The number of primary amides is 1. The van der Waals surface area contributed by atoms with Crippen molar-refractivity contribution in [2.75, 3.05) is 19.6 Å². The lowest BCUT2D eigenvalue weighted by molar-refractivity contribution is -0.137. The fraction of sp³-hybridized carbons (Fsp3) is 0.833. The second kappa shape index (κ2) is 10.1. The van der Waals surface area contributed by atoms with Crippen LogP contribution < -0.4 is 5.73 Å². The Morgan fingerprint density at radius 3 is 2.29 bits per heavy atom. The molecule has 5 nitrogen and oxygen atoms in total. The van der Waals surface area contributed by atoms with Gasteiger partial charge in [0.25, 0.3) is 0 Å². The Morgan fingerprint density at radius 2 is 1.76 bits per heavy atom. The lowest BCUT2D eigenvalue weighted by Gasteiger charge is -2.20. The molecule has 0 radical (unpaired) electrons. The molecule has 0 fully saturated rings. The Bertz CT molecular complexity index is 232. The third kappa shape index (κ3) is 11.2. The number of nitrogens with zero attached hydrogens (tertiary/aromatic N) is 1. The van der Waals surface area contributed by atoms with Gasteiger partial charge >= 0.3 is 5.97 Å². The molecular weight excluding hydrogens is 220 g/mol. The van der Waals surface area contributed by atoms with Gasteiger partial charge in [0, 0.05) is 6.42 Å². The molecule has 3 N–H and O–H groups in total. The number of hydrogen-bond donors (Lipinski definition) is 2. The molecule has 0 unspecified atom stereocenters. The molecule has 0 aliphatic rings. The number of carbonyl (C=O) groups is 2. The minimum atomic E-state index is -0.745. The summed E-state index contributed by atoms with van der Waals surface area (Å²) in [6.45, 7) is 4.12. The molecule has 0 heterocycles. The second-order valence-electron chi connectivity index (χ2n) is 4.30. The highest BCUT2D eigenvalue weighted by molar-refractivity contribution is 5.75. The molecule has 0 aliphatic carbocycles. The molecule has 0 aromatic heterocycles. The van der Waals surface area contributed by atoms with Crippen LogP contribution in [0.3, 0.4) is 0 Å². The van der Waals surface area contributed by atoms with Gasteiger partial charge in [-0.1, -0.05) is 19.8 Å². The molecule has 0 spiro atoms. The van der Waals surface area contributed by atoms with Gasteiger partial charge in [-0.25, -0.2) is 0 Å². The molecule has 0 aliphatic heterocycles. The number of aliphatic carboxylic acids is 1. The Labute approximate surface area is 103 Å². The average molecular weight is 244 g/mol. The van der Waals surface area contributed by atoms with E-state index < -0.39 is 5.97 Å². The fourth-order valence-corrected chi connectivity index (χ4v) is 1.66. The summed E-state index contributed by atoms with van der Waals surface area (Å²) in [6, 6.07) is 0. The van der Waals surface area contributed by atoms with Crippen LogP contribution in [-0.2, 0) is 9.59 Å². The van der Waals surface area contributed by atoms with E-state index in [1.165, 1.54) is 0 Å². The summed E-state index contributed by atoms with van der Waals surface area (Å²) in [4.78, 5) is 23.2.